The molecule has 2 aromatic carbocycles. The van der Waals surface area contributed by atoms with Crippen LogP contribution in [0.25, 0.3) is 0 Å². The average Bonchev–Trinajstić information content (AvgIpc) is 2.68. The van der Waals surface area contributed by atoms with E-state index in [0.29, 0.717) is 17.8 Å². The smallest absolute Gasteiger partial charge is 0.255 e. The molecular formula is C18H23N3O6S2. The Morgan fingerprint density at radius 3 is 2.17 bits per heavy atom. The largest absolute Gasteiger partial charge is 0.495 e. The van der Waals surface area contributed by atoms with Gasteiger partial charge in [-0.2, -0.15) is 0 Å². The van der Waals surface area contributed by atoms with Gasteiger partial charge in [0.25, 0.3) is 5.91 Å². The lowest BCUT2D eigenvalue weighted by atomic mass is 10.2. The van der Waals surface area contributed by atoms with E-state index < -0.39 is 26.0 Å². The number of carbonyl (C=O) groups excluding carboxylic acids is 1. The van der Waals surface area contributed by atoms with Crippen molar-refractivity contribution in [2.24, 2.45) is 0 Å². The first kappa shape index (κ1) is 22.7. The number of rotatable bonds is 9. The van der Waals surface area contributed by atoms with Crippen molar-refractivity contribution in [1.82, 2.24) is 4.72 Å². The minimum Gasteiger partial charge on any atom is -0.495 e. The fourth-order valence-corrected chi connectivity index (χ4v) is 4.52. The quantitative estimate of drug-likeness (QED) is 0.546. The molecule has 9 nitrogen and oxygen atoms in total. The molecule has 0 atom stereocenters. The number of anilines is 2. The zero-order valence-electron chi connectivity index (χ0n) is 16.2. The van der Waals surface area contributed by atoms with Gasteiger partial charge in [0.15, 0.2) is 0 Å². The summed E-state index contributed by atoms with van der Waals surface area (Å²) in [6.45, 7) is 1.77. The van der Waals surface area contributed by atoms with Gasteiger partial charge in [-0.1, -0.05) is 6.92 Å². The second-order valence-corrected chi connectivity index (χ2v) is 9.72. The Kier molecular flexibility index (Phi) is 7.22. The van der Waals surface area contributed by atoms with E-state index in [2.05, 4.69) is 14.8 Å². The SMILES string of the molecule is CCCS(=O)(=O)Nc1ccc(NC(=O)c2ccc(OC)c(S(=O)(=O)NC)c2)cc1. The normalized spacial score (nSPS) is 11.7. The highest BCUT2D eigenvalue weighted by molar-refractivity contribution is 7.92. The highest BCUT2D eigenvalue weighted by atomic mass is 32.2. The third-order valence-electron chi connectivity index (χ3n) is 3.87. The number of hydrogen-bond donors (Lipinski definition) is 3. The van der Waals surface area contributed by atoms with E-state index in [0.717, 1.165) is 0 Å². The molecule has 29 heavy (non-hydrogen) atoms. The molecule has 158 valence electrons. The van der Waals surface area contributed by atoms with Gasteiger partial charge in [0, 0.05) is 16.9 Å². The van der Waals surface area contributed by atoms with E-state index >= 15 is 0 Å². The number of ether oxygens (including phenoxy) is 1. The molecule has 1 amide bonds. The first-order chi connectivity index (χ1) is 13.6. The molecule has 0 aliphatic heterocycles. The second-order valence-electron chi connectivity index (χ2n) is 6.03. The van der Waals surface area contributed by atoms with Gasteiger partial charge in [-0.3, -0.25) is 9.52 Å². The van der Waals surface area contributed by atoms with Gasteiger partial charge in [-0.25, -0.2) is 21.6 Å². The van der Waals surface area contributed by atoms with Crippen LogP contribution in [0.1, 0.15) is 23.7 Å². The summed E-state index contributed by atoms with van der Waals surface area (Å²) in [4.78, 5) is 12.3. The van der Waals surface area contributed by atoms with Crippen LogP contribution >= 0.6 is 0 Å². The number of sulfonamides is 2. The van der Waals surface area contributed by atoms with Crippen LogP contribution in [0.3, 0.4) is 0 Å². The molecule has 0 unspecified atom stereocenters. The summed E-state index contributed by atoms with van der Waals surface area (Å²) in [5, 5.41) is 2.64. The highest BCUT2D eigenvalue weighted by Crippen LogP contribution is 2.25. The summed E-state index contributed by atoms with van der Waals surface area (Å²) in [6.07, 6.45) is 0.497. The van der Waals surface area contributed by atoms with E-state index in [-0.39, 0.29) is 22.0 Å². The minimum atomic E-state index is -3.82. The zero-order chi connectivity index (χ0) is 21.7. The minimum absolute atomic E-state index is 0.0147. The van der Waals surface area contributed by atoms with Crippen molar-refractivity contribution in [2.75, 3.05) is 29.9 Å². The van der Waals surface area contributed by atoms with Crippen LogP contribution in [-0.4, -0.2) is 42.7 Å². The van der Waals surface area contributed by atoms with Crippen LogP contribution in [-0.2, 0) is 20.0 Å². The zero-order valence-corrected chi connectivity index (χ0v) is 17.9. The Morgan fingerprint density at radius 1 is 1.00 bits per heavy atom. The van der Waals surface area contributed by atoms with Crippen molar-refractivity contribution >= 4 is 37.3 Å². The number of hydrogen-bond acceptors (Lipinski definition) is 6. The van der Waals surface area contributed by atoms with Gasteiger partial charge in [-0.15, -0.1) is 0 Å². The van der Waals surface area contributed by atoms with Crippen molar-refractivity contribution in [3.63, 3.8) is 0 Å². The summed E-state index contributed by atoms with van der Waals surface area (Å²) >= 11 is 0. The molecule has 0 aliphatic rings. The molecule has 0 aliphatic carbocycles. The number of amides is 1. The van der Waals surface area contributed by atoms with E-state index in [1.165, 1.54) is 56.6 Å². The Labute approximate surface area is 170 Å². The number of nitrogens with one attached hydrogen (secondary N) is 3. The average molecular weight is 442 g/mol. The standard InChI is InChI=1S/C18H23N3O6S2/c1-4-11-28(23,24)21-15-8-6-14(7-9-15)20-18(22)13-5-10-16(27-3)17(12-13)29(25,26)19-2/h5-10,12,19,21H,4,11H2,1-3H3,(H,20,22). The van der Waals surface area contributed by atoms with Gasteiger partial charge < -0.3 is 10.1 Å². The van der Waals surface area contributed by atoms with Crippen molar-refractivity contribution in [1.29, 1.82) is 0 Å². The van der Waals surface area contributed by atoms with Crippen LogP contribution in [0.2, 0.25) is 0 Å². The lowest BCUT2D eigenvalue weighted by Gasteiger charge is -2.12. The molecule has 0 aromatic heterocycles. The molecule has 2 rings (SSSR count). The van der Waals surface area contributed by atoms with Gasteiger partial charge in [0.1, 0.15) is 10.6 Å². The Hall–Kier alpha value is -2.63. The van der Waals surface area contributed by atoms with Crippen LogP contribution < -0.4 is 19.5 Å². The second kappa shape index (κ2) is 9.25. The van der Waals surface area contributed by atoms with Crippen LogP contribution in [0.5, 0.6) is 5.75 Å². The van der Waals surface area contributed by atoms with Crippen molar-refractivity contribution in [2.45, 2.75) is 18.2 Å². The van der Waals surface area contributed by atoms with Crippen LogP contribution in [0, 0.1) is 0 Å². The fourth-order valence-electron chi connectivity index (χ4n) is 2.46. The maximum Gasteiger partial charge on any atom is 0.255 e. The summed E-state index contributed by atoms with van der Waals surface area (Å²) in [7, 11) is -4.63. The summed E-state index contributed by atoms with van der Waals surface area (Å²) in [5.74, 6) is -0.403. The monoisotopic (exact) mass is 441 g/mol. The molecule has 0 bridgehead atoms. The summed E-state index contributed by atoms with van der Waals surface area (Å²) in [5.41, 5.74) is 0.915. The van der Waals surface area contributed by atoms with Crippen LogP contribution in [0.15, 0.2) is 47.4 Å². The highest BCUT2D eigenvalue weighted by Gasteiger charge is 2.20. The van der Waals surface area contributed by atoms with Gasteiger partial charge >= 0.3 is 0 Å². The van der Waals surface area contributed by atoms with E-state index in [1.54, 1.807) is 6.92 Å². The molecule has 0 spiro atoms. The maximum absolute atomic E-state index is 12.5. The molecule has 3 N–H and O–H groups in total. The summed E-state index contributed by atoms with van der Waals surface area (Å²) in [6, 6.07) is 10.2. The number of benzene rings is 2. The lowest BCUT2D eigenvalue weighted by Crippen LogP contribution is -2.20. The molecule has 2 aromatic rings. The third-order valence-corrected chi connectivity index (χ3v) is 6.80. The summed E-state index contributed by atoms with van der Waals surface area (Å²) < 4.78 is 57.5. The van der Waals surface area contributed by atoms with E-state index in [1.807, 2.05) is 0 Å². The Bertz CT molecular complexity index is 1080. The van der Waals surface area contributed by atoms with Gasteiger partial charge in [0.2, 0.25) is 20.0 Å². The topological polar surface area (TPSA) is 131 Å². The predicted octanol–water partition coefficient (Wildman–Crippen LogP) is 2.01. The molecular weight excluding hydrogens is 418 g/mol. The fraction of sp³-hybridized carbons (Fsp3) is 0.278. The van der Waals surface area contributed by atoms with Crippen molar-refractivity contribution in [3.8, 4) is 5.75 Å². The van der Waals surface area contributed by atoms with Gasteiger partial charge in [-0.05, 0) is 55.9 Å². The van der Waals surface area contributed by atoms with E-state index in [9.17, 15) is 21.6 Å². The molecule has 0 fully saturated rings. The molecule has 0 saturated heterocycles. The molecule has 11 heteroatoms. The van der Waals surface area contributed by atoms with Gasteiger partial charge in [0.05, 0.1) is 12.9 Å². The molecule has 0 saturated carbocycles. The number of methoxy groups -OCH3 is 1. The van der Waals surface area contributed by atoms with Crippen molar-refractivity contribution in [3.05, 3.63) is 48.0 Å². The molecule has 0 heterocycles. The third kappa shape index (κ3) is 5.92. The Morgan fingerprint density at radius 2 is 1.62 bits per heavy atom. The van der Waals surface area contributed by atoms with Crippen molar-refractivity contribution < 1.29 is 26.4 Å². The van der Waals surface area contributed by atoms with E-state index in [4.69, 9.17) is 4.74 Å². The number of carbonyl (C=O) groups is 1. The maximum atomic E-state index is 12.5. The predicted molar refractivity (Wildman–Crippen MR) is 111 cm³/mol. The lowest BCUT2D eigenvalue weighted by molar-refractivity contribution is 0.102. The van der Waals surface area contributed by atoms with Crippen LogP contribution in [0.4, 0.5) is 11.4 Å². The Balaban J connectivity index is 2.19. The molecule has 0 radical (unpaired) electrons. The first-order valence-corrected chi connectivity index (χ1v) is 11.8. The first-order valence-electron chi connectivity index (χ1n) is 8.65.